The Hall–Kier alpha value is -1.52. The summed E-state index contributed by atoms with van der Waals surface area (Å²) in [6.07, 6.45) is 1.43. The van der Waals surface area contributed by atoms with E-state index in [-0.39, 0.29) is 42.8 Å². The number of imide groups is 1. The minimum absolute atomic E-state index is 0.0518. The van der Waals surface area contributed by atoms with Crippen molar-refractivity contribution in [2.75, 3.05) is 6.54 Å². The number of nitrogens with zero attached hydrogens (tertiary/aromatic N) is 1. The summed E-state index contributed by atoms with van der Waals surface area (Å²) >= 11 is 0. The lowest BCUT2D eigenvalue weighted by Crippen LogP contribution is -2.32. The highest BCUT2D eigenvalue weighted by molar-refractivity contribution is 6.08. The van der Waals surface area contributed by atoms with Crippen LogP contribution in [0.1, 0.15) is 32.1 Å². The zero-order valence-corrected chi connectivity index (χ0v) is 8.90. The Kier molecular flexibility index (Phi) is 2.85. The first-order valence-corrected chi connectivity index (χ1v) is 5.48. The number of hydrogen-bond acceptors (Lipinski definition) is 4. The standard InChI is InChI=1S/C11H13NO4/c13-8-1-2-9(14)7(8)5-6-12-10(15)3-4-11(12)16/h7H,1-6H2. The third-order valence-corrected chi connectivity index (χ3v) is 3.19. The molecule has 1 saturated carbocycles. The average Bonchev–Trinajstić information content (AvgIpc) is 2.72. The van der Waals surface area contributed by atoms with Crippen LogP contribution in [0.2, 0.25) is 0 Å². The molecule has 1 aliphatic heterocycles. The first kappa shape index (κ1) is 11.0. The van der Waals surface area contributed by atoms with Crippen LogP contribution >= 0.6 is 0 Å². The summed E-state index contributed by atoms with van der Waals surface area (Å²) < 4.78 is 0. The zero-order chi connectivity index (χ0) is 11.7. The highest BCUT2D eigenvalue weighted by Gasteiger charge is 2.35. The van der Waals surface area contributed by atoms with E-state index in [4.69, 9.17) is 0 Å². The highest BCUT2D eigenvalue weighted by atomic mass is 16.2. The van der Waals surface area contributed by atoms with Gasteiger partial charge < -0.3 is 0 Å². The van der Waals surface area contributed by atoms with E-state index in [1.165, 1.54) is 4.90 Å². The van der Waals surface area contributed by atoms with Gasteiger partial charge in [-0.1, -0.05) is 0 Å². The molecule has 2 aliphatic rings. The summed E-state index contributed by atoms with van der Waals surface area (Å²) in [5, 5.41) is 0. The lowest BCUT2D eigenvalue weighted by Gasteiger charge is -2.15. The number of hydrogen-bond donors (Lipinski definition) is 0. The summed E-state index contributed by atoms with van der Waals surface area (Å²) in [4.78, 5) is 46.4. The quantitative estimate of drug-likeness (QED) is 0.501. The van der Waals surface area contributed by atoms with Crippen LogP contribution in [-0.2, 0) is 19.2 Å². The predicted molar refractivity (Wildman–Crippen MR) is 53.3 cm³/mol. The molecular formula is C11H13NO4. The first-order valence-electron chi connectivity index (χ1n) is 5.48. The van der Waals surface area contributed by atoms with Crippen LogP contribution in [0.5, 0.6) is 0 Å². The molecule has 0 bridgehead atoms. The molecule has 1 aliphatic carbocycles. The normalized spacial score (nSPS) is 22.6. The number of Topliss-reactive ketones (excluding diaryl/α,β-unsaturated/α-hetero) is 2. The van der Waals surface area contributed by atoms with E-state index in [9.17, 15) is 19.2 Å². The summed E-state index contributed by atoms with van der Waals surface area (Å²) in [5.74, 6) is -1.07. The smallest absolute Gasteiger partial charge is 0.229 e. The van der Waals surface area contributed by atoms with Gasteiger partial charge in [0.2, 0.25) is 11.8 Å². The van der Waals surface area contributed by atoms with Gasteiger partial charge in [0.25, 0.3) is 0 Å². The van der Waals surface area contributed by atoms with Crippen molar-refractivity contribution in [1.29, 1.82) is 0 Å². The molecule has 2 fully saturated rings. The molecular weight excluding hydrogens is 210 g/mol. The zero-order valence-electron chi connectivity index (χ0n) is 8.90. The Labute approximate surface area is 92.8 Å². The van der Waals surface area contributed by atoms with Crippen molar-refractivity contribution in [2.45, 2.75) is 32.1 Å². The van der Waals surface area contributed by atoms with E-state index in [2.05, 4.69) is 0 Å². The number of carbonyl (C=O) groups is 4. The minimum atomic E-state index is -0.582. The van der Waals surface area contributed by atoms with Gasteiger partial charge in [-0.25, -0.2) is 0 Å². The van der Waals surface area contributed by atoms with E-state index in [0.29, 0.717) is 19.3 Å². The fraction of sp³-hybridized carbons (Fsp3) is 0.636. The van der Waals surface area contributed by atoms with Crippen LogP contribution in [0, 0.1) is 5.92 Å². The van der Waals surface area contributed by atoms with Gasteiger partial charge >= 0.3 is 0 Å². The number of rotatable bonds is 3. The van der Waals surface area contributed by atoms with Crippen molar-refractivity contribution >= 4 is 23.4 Å². The molecule has 0 N–H and O–H groups in total. The second kappa shape index (κ2) is 4.15. The second-order valence-corrected chi connectivity index (χ2v) is 4.21. The molecule has 1 saturated heterocycles. The van der Waals surface area contributed by atoms with Crippen molar-refractivity contribution in [1.82, 2.24) is 4.90 Å². The molecule has 0 unspecified atom stereocenters. The van der Waals surface area contributed by atoms with Crippen molar-refractivity contribution in [3.8, 4) is 0 Å². The maximum Gasteiger partial charge on any atom is 0.229 e. The van der Waals surface area contributed by atoms with Gasteiger partial charge in [-0.05, 0) is 6.42 Å². The lowest BCUT2D eigenvalue weighted by atomic mass is 10.0. The van der Waals surface area contributed by atoms with Gasteiger partial charge in [-0.2, -0.15) is 0 Å². The molecule has 0 atom stereocenters. The Morgan fingerprint density at radius 3 is 1.88 bits per heavy atom. The molecule has 16 heavy (non-hydrogen) atoms. The largest absolute Gasteiger partial charge is 0.299 e. The van der Waals surface area contributed by atoms with E-state index < -0.39 is 5.92 Å². The average molecular weight is 223 g/mol. The molecule has 0 aromatic rings. The van der Waals surface area contributed by atoms with Gasteiger partial charge in [-0.3, -0.25) is 24.1 Å². The fourth-order valence-electron chi connectivity index (χ4n) is 2.23. The van der Waals surface area contributed by atoms with Gasteiger partial charge in [0.1, 0.15) is 11.6 Å². The van der Waals surface area contributed by atoms with Crippen molar-refractivity contribution in [3.63, 3.8) is 0 Å². The second-order valence-electron chi connectivity index (χ2n) is 4.21. The Morgan fingerprint density at radius 1 is 0.875 bits per heavy atom. The van der Waals surface area contributed by atoms with Crippen LogP contribution < -0.4 is 0 Å². The summed E-state index contributed by atoms with van der Waals surface area (Å²) in [5.41, 5.74) is 0. The number of amides is 2. The summed E-state index contributed by atoms with van der Waals surface area (Å²) in [7, 11) is 0. The Bertz CT molecular complexity index is 306. The molecule has 2 rings (SSSR count). The van der Waals surface area contributed by atoms with Gasteiger partial charge in [-0.15, -0.1) is 0 Å². The Morgan fingerprint density at radius 2 is 1.38 bits per heavy atom. The number of likely N-dealkylation sites (tertiary alicyclic amines) is 1. The summed E-state index contributed by atoms with van der Waals surface area (Å²) in [6, 6.07) is 0. The monoisotopic (exact) mass is 223 g/mol. The number of carbonyl (C=O) groups excluding carboxylic acids is 4. The molecule has 5 nitrogen and oxygen atoms in total. The third-order valence-electron chi connectivity index (χ3n) is 3.19. The van der Waals surface area contributed by atoms with Gasteiger partial charge in [0.05, 0.1) is 5.92 Å². The third kappa shape index (κ3) is 1.89. The van der Waals surface area contributed by atoms with Crippen molar-refractivity contribution in [2.24, 2.45) is 5.92 Å². The van der Waals surface area contributed by atoms with Crippen LogP contribution in [0.25, 0.3) is 0 Å². The van der Waals surface area contributed by atoms with Gasteiger partial charge in [0, 0.05) is 32.2 Å². The maximum atomic E-state index is 11.3. The van der Waals surface area contributed by atoms with E-state index in [1.807, 2.05) is 0 Å². The molecule has 5 heteroatoms. The summed E-state index contributed by atoms with van der Waals surface area (Å²) in [6.45, 7) is 0.208. The predicted octanol–water partition coefficient (Wildman–Crippen LogP) is 0.0737. The maximum absolute atomic E-state index is 11.3. The highest BCUT2D eigenvalue weighted by Crippen LogP contribution is 2.22. The molecule has 86 valence electrons. The van der Waals surface area contributed by atoms with Crippen LogP contribution in [0.4, 0.5) is 0 Å². The molecule has 0 radical (unpaired) electrons. The first-order chi connectivity index (χ1) is 7.59. The molecule has 0 spiro atoms. The SMILES string of the molecule is O=C1CCC(=O)C1CCN1C(=O)CCC1=O. The lowest BCUT2D eigenvalue weighted by molar-refractivity contribution is -0.140. The fourth-order valence-corrected chi connectivity index (χ4v) is 2.23. The molecule has 1 heterocycles. The van der Waals surface area contributed by atoms with E-state index in [1.54, 1.807) is 0 Å². The minimum Gasteiger partial charge on any atom is -0.299 e. The van der Waals surface area contributed by atoms with Crippen LogP contribution in [0.15, 0.2) is 0 Å². The van der Waals surface area contributed by atoms with E-state index in [0.717, 1.165) is 0 Å². The number of ketones is 2. The van der Waals surface area contributed by atoms with Crippen LogP contribution in [0.3, 0.4) is 0 Å². The van der Waals surface area contributed by atoms with Crippen molar-refractivity contribution < 1.29 is 19.2 Å². The molecule has 2 amide bonds. The van der Waals surface area contributed by atoms with E-state index >= 15 is 0 Å². The molecule has 0 aromatic carbocycles. The van der Waals surface area contributed by atoms with Crippen molar-refractivity contribution in [3.05, 3.63) is 0 Å². The topological polar surface area (TPSA) is 71.5 Å². The Balaban J connectivity index is 1.92. The van der Waals surface area contributed by atoms with Crippen LogP contribution in [-0.4, -0.2) is 34.8 Å². The molecule has 0 aromatic heterocycles. The van der Waals surface area contributed by atoms with Gasteiger partial charge in [0.15, 0.2) is 0 Å².